The van der Waals surface area contributed by atoms with Crippen LogP contribution in [0.4, 0.5) is 5.69 Å². The molecule has 0 bridgehead atoms. The Hall–Kier alpha value is -1.68. The number of hydrogen-bond acceptors (Lipinski definition) is 3. The van der Waals surface area contributed by atoms with Gasteiger partial charge in [-0.1, -0.05) is 6.92 Å². The first-order valence-electron chi connectivity index (χ1n) is 6.54. The van der Waals surface area contributed by atoms with E-state index in [0.29, 0.717) is 0 Å². The van der Waals surface area contributed by atoms with E-state index in [1.54, 1.807) is 35.9 Å². The molecular weight excluding hydrogens is 256 g/mol. The number of nitrogens with one attached hydrogen (secondary N) is 1. The summed E-state index contributed by atoms with van der Waals surface area (Å²) in [4.78, 5) is 17.6. The number of nitrogens with zero attached hydrogens (tertiary/aromatic N) is 1. The van der Waals surface area contributed by atoms with Gasteiger partial charge in [0.2, 0.25) is 0 Å². The normalized spacial score (nSPS) is 17.8. The van der Waals surface area contributed by atoms with Crippen molar-refractivity contribution in [2.75, 3.05) is 5.32 Å². The lowest BCUT2D eigenvalue weighted by Crippen LogP contribution is -2.16. The topological polar surface area (TPSA) is 42.0 Å². The van der Waals surface area contributed by atoms with Crippen LogP contribution in [0.15, 0.2) is 29.9 Å². The van der Waals surface area contributed by atoms with E-state index in [-0.39, 0.29) is 5.91 Å². The highest BCUT2D eigenvalue weighted by atomic mass is 32.1. The van der Waals surface area contributed by atoms with Gasteiger partial charge in [0.25, 0.3) is 5.91 Å². The summed E-state index contributed by atoms with van der Waals surface area (Å²) in [6.07, 6.45) is 6.68. The molecule has 1 atom stereocenters. The van der Waals surface area contributed by atoms with Gasteiger partial charge in [0.1, 0.15) is 0 Å². The first-order chi connectivity index (χ1) is 9.24. The monoisotopic (exact) mass is 272 g/mol. The second-order valence-electron chi connectivity index (χ2n) is 5.09. The van der Waals surface area contributed by atoms with Crippen LogP contribution in [0.3, 0.4) is 0 Å². The fourth-order valence-corrected chi connectivity index (χ4v) is 3.75. The highest BCUT2D eigenvalue weighted by Crippen LogP contribution is 2.33. The molecule has 2 heterocycles. The third-order valence-corrected chi connectivity index (χ3v) is 4.64. The van der Waals surface area contributed by atoms with Crippen molar-refractivity contribution in [1.82, 2.24) is 4.98 Å². The van der Waals surface area contributed by atoms with Crippen LogP contribution in [0.5, 0.6) is 0 Å². The number of carbonyl (C=O) groups is 1. The van der Waals surface area contributed by atoms with Crippen molar-refractivity contribution in [3.63, 3.8) is 0 Å². The minimum atomic E-state index is -0.00162. The first kappa shape index (κ1) is 12.4. The molecular formula is C15H16N2OS. The number of anilines is 1. The van der Waals surface area contributed by atoms with E-state index >= 15 is 0 Å². The Labute approximate surface area is 116 Å². The van der Waals surface area contributed by atoms with Crippen LogP contribution in [0.25, 0.3) is 0 Å². The van der Waals surface area contributed by atoms with E-state index in [4.69, 9.17) is 0 Å². The molecule has 19 heavy (non-hydrogen) atoms. The Morgan fingerprint density at radius 2 is 2.21 bits per heavy atom. The molecule has 4 heteroatoms. The number of carbonyl (C=O) groups excluding carboxylic acids is 1. The van der Waals surface area contributed by atoms with Gasteiger partial charge in [-0.2, -0.15) is 0 Å². The van der Waals surface area contributed by atoms with Crippen LogP contribution in [-0.4, -0.2) is 10.9 Å². The lowest BCUT2D eigenvalue weighted by atomic mass is 9.88. The van der Waals surface area contributed by atoms with Crippen LogP contribution >= 0.6 is 11.3 Å². The lowest BCUT2D eigenvalue weighted by Gasteiger charge is -2.18. The summed E-state index contributed by atoms with van der Waals surface area (Å²) in [5.74, 6) is 0.737. The fourth-order valence-electron chi connectivity index (χ4n) is 2.50. The predicted octanol–water partition coefficient (Wildman–Crippen LogP) is 3.52. The van der Waals surface area contributed by atoms with Gasteiger partial charge in [0.15, 0.2) is 0 Å². The molecule has 0 saturated carbocycles. The third-order valence-electron chi connectivity index (χ3n) is 3.58. The molecule has 2 aromatic heterocycles. The second-order valence-corrected chi connectivity index (χ2v) is 6.05. The van der Waals surface area contributed by atoms with E-state index in [1.807, 2.05) is 5.38 Å². The Morgan fingerprint density at radius 1 is 1.42 bits per heavy atom. The van der Waals surface area contributed by atoms with Gasteiger partial charge in [-0.3, -0.25) is 9.78 Å². The average Bonchev–Trinajstić information content (AvgIpc) is 2.82. The molecule has 1 aliphatic carbocycles. The SMILES string of the molecule is C[C@@H]1CCc2c(C(=O)Nc3ccncc3)csc2C1. The molecule has 3 nitrogen and oxygen atoms in total. The van der Waals surface area contributed by atoms with E-state index < -0.39 is 0 Å². The molecule has 1 aliphatic rings. The number of amides is 1. The number of thiophene rings is 1. The maximum atomic E-state index is 12.3. The number of fused-ring (bicyclic) bond motifs is 1. The van der Waals surface area contributed by atoms with E-state index in [2.05, 4.69) is 17.2 Å². The van der Waals surface area contributed by atoms with Gasteiger partial charge >= 0.3 is 0 Å². The van der Waals surface area contributed by atoms with Crippen LogP contribution in [0.2, 0.25) is 0 Å². The van der Waals surface area contributed by atoms with Crippen molar-refractivity contribution < 1.29 is 4.79 Å². The summed E-state index contributed by atoms with van der Waals surface area (Å²) < 4.78 is 0. The van der Waals surface area contributed by atoms with Gasteiger partial charge in [0.05, 0.1) is 5.56 Å². The summed E-state index contributed by atoms with van der Waals surface area (Å²) >= 11 is 1.72. The zero-order valence-electron chi connectivity index (χ0n) is 10.8. The third kappa shape index (κ3) is 2.54. The number of pyridine rings is 1. The van der Waals surface area contributed by atoms with Crippen LogP contribution < -0.4 is 5.32 Å². The summed E-state index contributed by atoms with van der Waals surface area (Å²) in [6, 6.07) is 3.61. The molecule has 98 valence electrons. The molecule has 1 amide bonds. The minimum absolute atomic E-state index is 0.00162. The van der Waals surface area contributed by atoms with Crippen LogP contribution in [0.1, 0.15) is 34.1 Å². The number of rotatable bonds is 2. The summed E-state index contributed by atoms with van der Waals surface area (Å²) in [7, 11) is 0. The van der Waals surface area contributed by atoms with Gasteiger partial charge in [-0.05, 0) is 42.9 Å². The molecule has 1 N–H and O–H groups in total. The highest BCUT2D eigenvalue weighted by Gasteiger charge is 2.23. The predicted molar refractivity (Wildman–Crippen MR) is 77.7 cm³/mol. The summed E-state index contributed by atoms with van der Waals surface area (Å²) in [6.45, 7) is 2.28. The molecule has 3 rings (SSSR count). The second kappa shape index (κ2) is 5.13. The quantitative estimate of drug-likeness (QED) is 0.909. The standard InChI is InChI=1S/C15H16N2OS/c1-10-2-3-12-13(9-19-14(12)8-10)15(18)17-11-4-6-16-7-5-11/h4-7,9-10H,2-3,8H2,1H3,(H,16,17,18)/t10-/m1/s1. The molecule has 0 aliphatic heterocycles. The van der Waals surface area contributed by atoms with Gasteiger partial charge in [0, 0.05) is 28.3 Å². The fraction of sp³-hybridized carbons (Fsp3) is 0.333. The van der Waals surface area contributed by atoms with Crippen molar-refractivity contribution in [1.29, 1.82) is 0 Å². The highest BCUT2D eigenvalue weighted by molar-refractivity contribution is 7.10. The Kier molecular flexibility index (Phi) is 3.34. The molecule has 2 aromatic rings. The first-order valence-corrected chi connectivity index (χ1v) is 7.42. The van der Waals surface area contributed by atoms with Gasteiger partial charge in [-0.15, -0.1) is 11.3 Å². The molecule has 0 saturated heterocycles. The van der Waals surface area contributed by atoms with Crippen molar-refractivity contribution in [3.05, 3.63) is 45.9 Å². The van der Waals surface area contributed by atoms with Crippen molar-refractivity contribution in [2.45, 2.75) is 26.2 Å². The van der Waals surface area contributed by atoms with Gasteiger partial charge in [-0.25, -0.2) is 0 Å². The number of aromatic nitrogens is 1. The molecule has 0 spiro atoms. The lowest BCUT2D eigenvalue weighted by molar-refractivity contribution is 0.102. The van der Waals surface area contributed by atoms with E-state index in [1.165, 1.54) is 16.9 Å². The smallest absolute Gasteiger partial charge is 0.256 e. The van der Waals surface area contributed by atoms with Crippen molar-refractivity contribution >= 4 is 22.9 Å². The minimum Gasteiger partial charge on any atom is -0.322 e. The Morgan fingerprint density at radius 3 is 3.00 bits per heavy atom. The molecule has 0 unspecified atom stereocenters. The van der Waals surface area contributed by atoms with Crippen LogP contribution in [0, 0.1) is 5.92 Å². The zero-order chi connectivity index (χ0) is 13.2. The summed E-state index contributed by atoms with van der Waals surface area (Å²) in [5.41, 5.74) is 2.91. The van der Waals surface area contributed by atoms with E-state index in [0.717, 1.165) is 30.0 Å². The maximum Gasteiger partial charge on any atom is 0.256 e. The molecule has 0 fully saturated rings. The largest absolute Gasteiger partial charge is 0.322 e. The zero-order valence-corrected chi connectivity index (χ0v) is 11.7. The molecule has 0 radical (unpaired) electrons. The average molecular weight is 272 g/mol. The maximum absolute atomic E-state index is 12.3. The van der Waals surface area contributed by atoms with Crippen molar-refractivity contribution in [2.24, 2.45) is 5.92 Å². The van der Waals surface area contributed by atoms with E-state index in [9.17, 15) is 4.79 Å². The molecule has 0 aromatic carbocycles. The summed E-state index contributed by atoms with van der Waals surface area (Å²) in [5, 5.41) is 4.93. The number of hydrogen-bond donors (Lipinski definition) is 1. The van der Waals surface area contributed by atoms with Crippen molar-refractivity contribution in [3.8, 4) is 0 Å². The Balaban J connectivity index is 1.81. The Bertz CT molecular complexity index is 591. The van der Waals surface area contributed by atoms with Crippen LogP contribution in [-0.2, 0) is 12.8 Å². The van der Waals surface area contributed by atoms with Gasteiger partial charge < -0.3 is 5.32 Å².